The summed E-state index contributed by atoms with van der Waals surface area (Å²) >= 11 is 1.27. The van der Waals surface area contributed by atoms with E-state index in [4.69, 9.17) is 0 Å². The van der Waals surface area contributed by atoms with Crippen molar-refractivity contribution in [2.45, 2.75) is 19.0 Å². The lowest BCUT2D eigenvalue weighted by atomic mass is 10.3. The molecule has 0 spiro atoms. The molecule has 12 heteroatoms. The number of rotatable bonds is 8. The van der Waals surface area contributed by atoms with Gasteiger partial charge in [-0.15, -0.1) is 5.10 Å². The monoisotopic (exact) mass is 423 g/mol. The van der Waals surface area contributed by atoms with Crippen LogP contribution in [0.5, 0.6) is 0 Å². The van der Waals surface area contributed by atoms with E-state index in [-0.39, 0.29) is 17.9 Å². The number of aromatic nitrogens is 6. The molecule has 0 unspecified atom stereocenters. The summed E-state index contributed by atoms with van der Waals surface area (Å²) < 4.78 is 30.2. The summed E-state index contributed by atoms with van der Waals surface area (Å²) in [6.07, 6.45) is 0. The van der Waals surface area contributed by atoms with Gasteiger partial charge in [-0.25, -0.2) is 17.8 Å². The van der Waals surface area contributed by atoms with Crippen LogP contribution >= 0.6 is 11.8 Å². The summed E-state index contributed by atoms with van der Waals surface area (Å²) in [6.45, 7) is 3.64. The van der Waals surface area contributed by atoms with Crippen LogP contribution in [0.3, 0.4) is 0 Å². The van der Waals surface area contributed by atoms with E-state index in [9.17, 15) is 13.2 Å². The third kappa shape index (κ3) is 4.03. The van der Waals surface area contributed by atoms with Gasteiger partial charge in [-0.1, -0.05) is 30.0 Å². The number of hydrogen-bond donors (Lipinski definition) is 1. The molecule has 0 aliphatic heterocycles. The SMILES string of the molecule is CCS(=O)(=O)NCCSc1nnnn1-c1c(C)n(C)n(-c2ccccc2)c1=O. The average molecular weight is 424 g/mol. The van der Waals surface area contributed by atoms with Crippen molar-refractivity contribution in [1.82, 2.24) is 34.3 Å². The van der Waals surface area contributed by atoms with E-state index < -0.39 is 10.0 Å². The van der Waals surface area contributed by atoms with Crippen LogP contribution < -0.4 is 10.3 Å². The van der Waals surface area contributed by atoms with Crippen LogP contribution in [0.4, 0.5) is 0 Å². The minimum atomic E-state index is -3.25. The molecule has 3 aromatic rings. The van der Waals surface area contributed by atoms with Gasteiger partial charge in [0.15, 0.2) is 5.69 Å². The van der Waals surface area contributed by atoms with E-state index >= 15 is 0 Å². The van der Waals surface area contributed by atoms with Crippen LogP contribution in [-0.4, -0.2) is 56.0 Å². The number of nitrogens with zero attached hydrogens (tertiary/aromatic N) is 6. The molecule has 0 atom stereocenters. The highest BCUT2D eigenvalue weighted by atomic mass is 32.2. The van der Waals surface area contributed by atoms with Crippen molar-refractivity contribution in [3.8, 4) is 11.4 Å². The molecule has 0 fully saturated rings. The Morgan fingerprint density at radius 2 is 1.93 bits per heavy atom. The molecule has 0 aliphatic carbocycles. The lowest BCUT2D eigenvalue weighted by Crippen LogP contribution is -2.27. The van der Waals surface area contributed by atoms with Crippen molar-refractivity contribution in [3.63, 3.8) is 0 Å². The van der Waals surface area contributed by atoms with E-state index in [1.54, 1.807) is 23.3 Å². The molecule has 1 N–H and O–H groups in total. The first kappa shape index (κ1) is 20.3. The number of tetrazole rings is 1. The molecule has 2 heterocycles. The molecule has 0 saturated heterocycles. The van der Waals surface area contributed by atoms with Crippen LogP contribution in [0.25, 0.3) is 11.4 Å². The molecule has 2 aromatic heterocycles. The minimum absolute atomic E-state index is 0.0254. The summed E-state index contributed by atoms with van der Waals surface area (Å²) in [4.78, 5) is 13.1. The fraction of sp³-hybridized carbons (Fsp3) is 0.375. The van der Waals surface area contributed by atoms with Gasteiger partial charge < -0.3 is 0 Å². The summed E-state index contributed by atoms with van der Waals surface area (Å²) in [6, 6.07) is 9.30. The molecule has 10 nitrogen and oxygen atoms in total. The van der Waals surface area contributed by atoms with Gasteiger partial charge in [-0.05, 0) is 36.4 Å². The first-order valence-electron chi connectivity index (χ1n) is 8.58. The van der Waals surface area contributed by atoms with Crippen molar-refractivity contribution >= 4 is 21.8 Å². The quantitative estimate of drug-likeness (QED) is 0.414. The van der Waals surface area contributed by atoms with Crippen molar-refractivity contribution in [1.29, 1.82) is 0 Å². The second-order valence-electron chi connectivity index (χ2n) is 5.93. The minimum Gasteiger partial charge on any atom is -0.283 e. The number of hydrogen-bond acceptors (Lipinski definition) is 7. The standard InChI is InChI=1S/C16H21N7O3S2/c1-4-28(25,26)17-10-11-27-16-18-19-20-22(16)14-12(2)21(3)23(15(14)24)13-8-6-5-7-9-13/h5-9,17H,4,10-11H2,1-3H3. The maximum absolute atomic E-state index is 13.1. The fourth-order valence-corrected chi connectivity index (χ4v) is 4.13. The van der Waals surface area contributed by atoms with Gasteiger partial charge in [0.05, 0.1) is 17.1 Å². The maximum atomic E-state index is 13.1. The van der Waals surface area contributed by atoms with Crippen LogP contribution in [0.15, 0.2) is 40.3 Å². The zero-order chi connectivity index (χ0) is 20.3. The maximum Gasteiger partial charge on any atom is 0.297 e. The molecular formula is C16H21N7O3S2. The van der Waals surface area contributed by atoms with Crippen molar-refractivity contribution in [3.05, 3.63) is 46.4 Å². The van der Waals surface area contributed by atoms with Crippen molar-refractivity contribution < 1.29 is 8.42 Å². The van der Waals surface area contributed by atoms with E-state index in [0.29, 0.717) is 22.3 Å². The molecule has 0 saturated carbocycles. The predicted octanol–water partition coefficient (Wildman–Crippen LogP) is 0.492. The van der Waals surface area contributed by atoms with Crippen molar-refractivity contribution in [2.75, 3.05) is 18.1 Å². The molecule has 0 radical (unpaired) electrons. The third-order valence-corrected chi connectivity index (χ3v) is 6.54. The van der Waals surface area contributed by atoms with Gasteiger partial charge in [-0.3, -0.25) is 9.48 Å². The molecule has 150 valence electrons. The Hall–Kier alpha value is -2.44. The molecule has 0 aliphatic rings. The van der Waals surface area contributed by atoms with E-state index in [1.807, 2.05) is 37.3 Å². The first-order chi connectivity index (χ1) is 13.4. The lowest BCUT2D eigenvalue weighted by Gasteiger charge is -2.07. The summed E-state index contributed by atoms with van der Waals surface area (Å²) in [5.74, 6) is 0.454. The Kier molecular flexibility index (Phi) is 6.01. The topological polar surface area (TPSA) is 117 Å². The fourth-order valence-electron chi connectivity index (χ4n) is 2.65. The molecule has 1 aromatic carbocycles. The van der Waals surface area contributed by atoms with Gasteiger partial charge in [0.25, 0.3) is 5.56 Å². The van der Waals surface area contributed by atoms with Gasteiger partial charge in [0, 0.05) is 19.3 Å². The summed E-state index contributed by atoms with van der Waals surface area (Å²) in [5.41, 5.74) is 1.55. The lowest BCUT2D eigenvalue weighted by molar-refractivity contribution is 0.585. The number of benzene rings is 1. The molecule has 3 rings (SSSR count). The number of para-hydroxylation sites is 1. The van der Waals surface area contributed by atoms with E-state index in [0.717, 1.165) is 5.69 Å². The zero-order valence-corrected chi connectivity index (χ0v) is 17.4. The predicted molar refractivity (Wildman–Crippen MR) is 107 cm³/mol. The smallest absolute Gasteiger partial charge is 0.283 e. The van der Waals surface area contributed by atoms with Crippen molar-refractivity contribution in [2.24, 2.45) is 7.05 Å². The molecular weight excluding hydrogens is 402 g/mol. The average Bonchev–Trinajstić information content (AvgIpc) is 3.22. The molecule has 28 heavy (non-hydrogen) atoms. The summed E-state index contributed by atoms with van der Waals surface area (Å²) in [5, 5.41) is 12.0. The molecule has 0 bridgehead atoms. The van der Waals surface area contributed by atoms with Crippen LogP contribution in [0.2, 0.25) is 0 Å². The Labute approximate surface area is 166 Å². The number of sulfonamides is 1. The third-order valence-electron chi connectivity index (χ3n) is 4.21. The Bertz CT molecular complexity index is 1120. The van der Waals surface area contributed by atoms with Gasteiger partial charge in [0.1, 0.15) is 0 Å². The van der Waals surface area contributed by atoms with Crippen LogP contribution in [-0.2, 0) is 17.1 Å². The normalized spacial score (nSPS) is 11.8. The second-order valence-corrected chi connectivity index (χ2v) is 9.09. The van der Waals surface area contributed by atoms with Gasteiger partial charge in [0.2, 0.25) is 15.2 Å². The van der Waals surface area contributed by atoms with E-state index in [2.05, 4.69) is 20.2 Å². The highest BCUT2D eigenvalue weighted by Crippen LogP contribution is 2.19. The van der Waals surface area contributed by atoms with Gasteiger partial charge in [-0.2, -0.15) is 4.68 Å². The number of nitrogens with one attached hydrogen (secondary N) is 1. The Morgan fingerprint density at radius 1 is 1.21 bits per heavy atom. The molecule has 0 amide bonds. The summed E-state index contributed by atoms with van der Waals surface area (Å²) in [7, 11) is -1.45. The Morgan fingerprint density at radius 3 is 2.61 bits per heavy atom. The first-order valence-corrected chi connectivity index (χ1v) is 11.2. The van der Waals surface area contributed by atoms with Crippen LogP contribution in [0, 0.1) is 6.92 Å². The second kappa shape index (κ2) is 8.29. The zero-order valence-electron chi connectivity index (χ0n) is 15.7. The Balaban J connectivity index is 1.88. The number of thioether (sulfide) groups is 1. The highest BCUT2D eigenvalue weighted by molar-refractivity contribution is 7.99. The van der Waals surface area contributed by atoms with E-state index in [1.165, 1.54) is 16.4 Å². The van der Waals surface area contributed by atoms with Gasteiger partial charge >= 0.3 is 0 Å². The van der Waals surface area contributed by atoms with Crippen LogP contribution in [0.1, 0.15) is 12.6 Å². The largest absolute Gasteiger partial charge is 0.297 e. The highest BCUT2D eigenvalue weighted by Gasteiger charge is 2.21.